The maximum absolute atomic E-state index is 12.5. The number of carbonyl (C=O) groups is 2. The summed E-state index contributed by atoms with van der Waals surface area (Å²) in [6.07, 6.45) is 4.96. The Labute approximate surface area is 195 Å². The summed E-state index contributed by atoms with van der Waals surface area (Å²) in [5.41, 5.74) is 1.25. The molecule has 172 valence electrons. The van der Waals surface area contributed by atoms with Gasteiger partial charge in [-0.25, -0.2) is 15.0 Å². The van der Waals surface area contributed by atoms with Crippen molar-refractivity contribution in [1.29, 1.82) is 0 Å². The minimum Gasteiger partial charge on any atom is -0.495 e. The third-order valence-corrected chi connectivity index (χ3v) is 6.22. The van der Waals surface area contributed by atoms with Crippen molar-refractivity contribution in [2.75, 3.05) is 30.4 Å². The number of amides is 1. The lowest BCUT2D eigenvalue weighted by atomic mass is 9.97. The summed E-state index contributed by atoms with van der Waals surface area (Å²) in [5, 5.41) is 5.30. The first-order valence-electron chi connectivity index (χ1n) is 10.7. The predicted octanol–water partition coefficient (Wildman–Crippen LogP) is 3.08. The number of esters is 1. The molecule has 0 unspecified atom stereocenters. The number of nitrogens with zero attached hydrogens (tertiary/aromatic N) is 4. The normalized spacial score (nSPS) is 14.0. The van der Waals surface area contributed by atoms with Crippen molar-refractivity contribution >= 4 is 34.8 Å². The van der Waals surface area contributed by atoms with E-state index < -0.39 is 0 Å². The highest BCUT2D eigenvalue weighted by molar-refractivity contribution is 7.09. The van der Waals surface area contributed by atoms with Crippen LogP contribution in [0.5, 0.6) is 5.75 Å². The average molecular weight is 468 g/mol. The van der Waals surface area contributed by atoms with Gasteiger partial charge in [0.15, 0.2) is 0 Å². The van der Waals surface area contributed by atoms with Crippen LogP contribution in [0.25, 0.3) is 0 Å². The lowest BCUT2D eigenvalue weighted by molar-refractivity contribution is -0.150. The molecule has 0 atom stereocenters. The molecule has 0 spiro atoms. The van der Waals surface area contributed by atoms with Gasteiger partial charge in [0.1, 0.15) is 17.4 Å². The quantitative estimate of drug-likeness (QED) is 0.504. The Morgan fingerprint density at radius 3 is 2.67 bits per heavy atom. The van der Waals surface area contributed by atoms with E-state index in [-0.39, 0.29) is 30.8 Å². The number of rotatable bonds is 8. The summed E-state index contributed by atoms with van der Waals surface area (Å²) in [4.78, 5) is 39.9. The van der Waals surface area contributed by atoms with Crippen LogP contribution in [-0.4, -0.2) is 47.0 Å². The molecule has 9 nitrogen and oxygen atoms in total. The lowest BCUT2D eigenvalue weighted by Crippen LogP contribution is -2.37. The lowest BCUT2D eigenvalue weighted by Gasteiger charge is -2.30. The summed E-state index contributed by atoms with van der Waals surface area (Å²) in [6.45, 7) is 1.53. The molecule has 33 heavy (non-hydrogen) atoms. The third kappa shape index (κ3) is 6.04. The number of aromatic nitrogens is 3. The van der Waals surface area contributed by atoms with E-state index in [4.69, 9.17) is 9.47 Å². The van der Waals surface area contributed by atoms with Gasteiger partial charge < -0.3 is 19.7 Å². The fourth-order valence-corrected chi connectivity index (χ4v) is 4.39. The number of thiazole rings is 1. The first-order chi connectivity index (χ1) is 16.1. The fraction of sp³-hybridized carbons (Fsp3) is 0.348. The standard InChI is InChI=1S/C23H25N5O4S/c1-31-19-6-3-2-5-18(19)27-20(29)13-21-26-17(15-33-21)14-32-22(30)16-7-11-28(12-8-16)23-24-9-4-10-25-23/h2-6,9-10,15-16H,7-8,11-14H2,1H3,(H,27,29). The molecule has 1 aliphatic heterocycles. The molecule has 3 aromatic rings. The molecule has 1 N–H and O–H groups in total. The maximum atomic E-state index is 12.5. The Morgan fingerprint density at radius 1 is 1.15 bits per heavy atom. The number of hydrogen-bond acceptors (Lipinski definition) is 9. The van der Waals surface area contributed by atoms with Crippen LogP contribution in [0.2, 0.25) is 0 Å². The number of anilines is 2. The van der Waals surface area contributed by atoms with Crippen molar-refractivity contribution in [3.8, 4) is 5.75 Å². The van der Waals surface area contributed by atoms with E-state index >= 15 is 0 Å². The van der Waals surface area contributed by atoms with Gasteiger partial charge in [-0.15, -0.1) is 11.3 Å². The van der Waals surface area contributed by atoms with E-state index in [1.165, 1.54) is 11.3 Å². The number of para-hydroxylation sites is 2. The number of carbonyl (C=O) groups excluding carboxylic acids is 2. The van der Waals surface area contributed by atoms with Crippen molar-refractivity contribution < 1.29 is 19.1 Å². The second kappa shape index (κ2) is 10.9. The van der Waals surface area contributed by atoms with Crippen LogP contribution in [0.4, 0.5) is 11.6 Å². The number of hydrogen-bond donors (Lipinski definition) is 1. The van der Waals surface area contributed by atoms with Gasteiger partial charge in [0.05, 0.1) is 30.8 Å². The van der Waals surface area contributed by atoms with Crippen LogP contribution >= 0.6 is 11.3 Å². The molecule has 1 fully saturated rings. The summed E-state index contributed by atoms with van der Waals surface area (Å²) in [6, 6.07) is 9.01. The molecule has 0 saturated carbocycles. The van der Waals surface area contributed by atoms with Gasteiger partial charge in [-0.3, -0.25) is 9.59 Å². The van der Waals surface area contributed by atoms with Crippen LogP contribution in [-0.2, 0) is 27.4 Å². The van der Waals surface area contributed by atoms with E-state index in [1.807, 2.05) is 17.5 Å². The van der Waals surface area contributed by atoms with E-state index in [1.54, 1.807) is 37.7 Å². The molecule has 2 aromatic heterocycles. The van der Waals surface area contributed by atoms with Gasteiger partial charge >= 0.3 is 5.97 Å². The first-order valence-corrected chi connectivity index (χ1v) is 11.5. The Hall–Kier alpha value is -3.53. The fourth-order valence-electron chi connectivity index (χ4n) is 3.61. The molecule has 0 aliphatic carbocycles. The highest BCUT2D eigenvalue weighted by Gasteiger charge is 2.27. The minimum absolute atomic E-state index is 0.103. The van der Waals surface area contributed by atoms with E-state index in [0.717, 1.165) is 0 Å². The second-order valence-corrected chi connectivity index (χ2v) is 8.52. The number of methoxy groups -OCH3 is 1. The van der Waals surface area contributed by atoms with Gasteiger partial charge in [-0.05, 0) is 31.0 Å². The Balaban J connectivity index is 1.22. The summed E-state index contributed by atoms with van der Waals surface area (Å²) in [7, 11) is 1.56. The maximum Gasteiger partial charge on any atom is 0.309 e. The molecule has 1 saturated heterocycles. The van der Waals surface area contributed by atoms with Crippen molar-refractivity contribution in [3.05, 3.63) is 58.8 Å². The zero-order chi connectivity index (χ0) is 23.0. The average Bonchev–Trinajstić information content (AvgIpc) is 3.30. The van der Waals surface area contributed by atoms with Gasteiger partial charge in [-0.1, -0.05) is 12.1 Å². The molecular weight excluding hydrogens is 442 g/mol. The molecule has 10 heteroatoms. The van der Waals surface area contributed by atoms with Gasteiger partial charge in [0.2, 0.25) is 11.9 Å². The summed E-state index contributed by atoms with van der Waals surface area (Å²) in [5.74, 6) is 0.738. The van der Waals surface area contributed by atoms with Crippen molar-refractivity contribution in [3.63, 3.8) is 0 Å². The molecule has 1 aliphatic rings. The zero-order valence-corrected chi connectivity index (χ0v) is 19.1. The third-order valence-electron chi connectivity index (χ3n) is 5.32. The molecule has 0 radical (unpaired) electrons. The molecule has 3 heterocycles. The monoisotopic (exact) mass is 467 g/mol. The highest BCUT2D eigenvalue weighted by atomic mass is 32.1. The second-order valence-electron chi connectivity index (χ2n) is 7.58. The summed E-state index contributed by atoms with van der Waals surface area (Å²) < 4.78 is 10.7. The topological polar surface area (TPSA) is 107 Å². The van der Waals surface area contributed by atoms with Crippen LogP contribution in [0.3, 0.4) is 0 Å². The van der Waals surface area contributed by atoms with E-state index in [2.05, 4.69) is 25.2 Å². The molecule has 1 amide bonds. The van der Waals surface area contributed by atoms with Gasteiger partial charge in [0, 0.05) is 30.9 Å². The Morgan fingerprint density at radius 2 is 1.91 bits per heavy atom. The Kier molecular flexibility index (Phi) is 7.46. The van der Waals surface area contributed by atoms with Crippen LogP contribution in [0.1, 0.15) is 23.5 Å². The highest BCUT2D eigenvalue weighted by Crippen LogP contribution is 2.24. The number of benzene rings is 1. The SMILES string of the molecule is COc1ccccc1NC(=O)Cc1nc(COC(=O)C2CCN(c3ncccn3)CC2)cs1. The minimum atomic E-state index is -0.216. The first kappa shape index (κ1) is 22.7. The van der Waals surface area contributed by atoms with Crippen LogP contribution in [0.15, 0.2) is 48.1 Å². The van der Waals surface area contributed by atoms with Crippen molar-refractivity contribution in [2.45, 2.75) is 25.9 Å². The number of ether oxygens (including phenoxy) is 2. The van der Waals surface area contributed by atoms with Crippen molar-refractivity contribution in [2.24, 2.45) is 5.92 Å². The zero-order valence-electron chi connectivity index (χ0n) is 18.3. The smallest absolute Gasteiger partial charge is 0.309 e. The molecule has 1 aromatic carbocycles. The van der Waals surface area contributed by atoms with Gasteiger partial charge in [0.25, 0.3) is 0 Å². The number of piperidine rings is 1. The largest absolute Gasteiger partial charge is 0.495 e. The molecule has 0 bridgehead atoms. The van der Waals surface area contributed by atoms with Crippen LogP contribution < -0.4 is 15.0 Å². The summed E-state index contributed by atoms with van der Waals surface area (Å²) >= 11 is 1.37. The van der Waals surface area contributed by atoms with Gasteiger partial charge in [-0.2, -0.15) is 0 Å². The molecule has 4 rings (SSSR count). The van der Waals surface area contributed by atoms with Crippen molar-refractivity contribution in [1.82, 2.24) is 15.0 Å². The Bertz CT molecular complexity index is 1080. The van der Waals surface area contributed by atoms with Crippen LogP contribution in [0, 0.1) is 5.92 Å². The predicted molar refractivity (Wildman–Crippen MR) is 124 cm³/mol. The van der Waals surface area contributed by atoms with E-state index in [0.29, 0.717) is 54.0 Å². The van der Waals surface area contributed by atoms with E-state index in [9.17, 15) is 9.59 Å². The molecular formula is C23H25N5O4S. The number of nitrogens with one attached hydrogen (secondary N) is 1.